The van der Waals surface area contributed by atoms with Crippen LogP contribution in [0.2, 0.25) is 0 Å². The molecule has 0 saturated carbocycles. The number of fused-ring (bicyclic) bond motifs is 9. The minimum absolute atomic E-state index is 0.0213. The topological polar surface area (TPSA) is 197 Å². The zero-order chi connectivity index (χ0) is 24.9. The van der Waals surface area contributed by atoms with Gasteiger partial charge in [-0.05, 0) is 22.9 Å². The van der Waals surface area contributed by atoms with Crippen LogP contribution >= 0.6 is 0 Å². The van der Waals surface area contributed by atoms with Crippen LogP contribution < -0.4 is 32.6 Å². The highest BCUT2D eigenvalue weighted by Gasteiger charge is 2.23. The van der Waals surface area contributed by atoms with E-state index in [1.807, 2.05) is 0 Å². The molecule has 0 aliphatic carbocycles. The lowest BCUT2D eigenvalue weighted by molar-refractivity contribution is 0.792. The molecule has 12 nitrogen and oxygen atoms in total. The number of rotatable bonds is 0. The smallest absolute Gasteiger partial charge is 0.279 e. The van der Waals surface area contributed by atoms with Crippen molar-refractivity contribution < 1.29 is 0 Å². The molecule has 4 aromatic carbocycles. The summed E-state index contributed by atoms with van der Waals surface area (Å²) >= 11 is 0. The standard InChI is InChI=1S/C24H12N6O6/c31-18-8-4-2-1-3-7(8)5-9-10-6-11-24(28-30-29-27-11)26-15(10)16-13(12(9)18)19(32)14-17(25-16)21(34)23(36)22(35)20(14)33/h1-6,25-30H. The van der Waals surface area contributed by atoms with E-state index in [9.17, 15) is 28.8 Å². The molecule has 0 radical (unpaired) electrons. The van der Waals surface area contributed by atoms with Crippen LogP contribution in [0, 0.1) is 0 Å². The summed E-state index contributed by atoms with van der Waals surface area (Å²) in [5.74, 6) is 0. The average molecular weight is 480 g/mol. The predicted molar refractivity (Wildman–Crippen MR) is 135 cm³/mol. The van der Waals surface area contributed by atoms with Crippen LogP contribution in [0.3, 0.4) is 0 Å². The van der Waals surface area contributed by atoms with Gasteiger partial charge in [-0.2, -0.15) is 0 Å². The summed E-state index contributed by atoms with van der Waals surface area (Å²) in [7, 11) is 0. The van der Waals surface area contributed by atoms with Crippen LogP contribution in [0.1, 0.15) is 0 Å². The molecule has 6 N–H and O–H groups in total. The number of pyridine rings is 2. The summed E-state index contributed by atoms with van der Waals surface area (Å²) in [6, 6.07) is 10.4. The Bertz CT molecular complexity index is 2510. The summed E-state index contributed by atoms with van der Waals surface area (Å²) in [5.41, 5.74) is -6.37. The molecule has 0 amide bonds. The van der Waals surface area contributed by atoms with Crippen molar-refractivity contribution in [2.45, 2.75) is 0 Å². The highest BCUT2D eigenvalue weighted by atomic mass is 16.2. The van der Waals surface area contributed by atoms with Crippen LogP contribution in [0.15, 0.2) is 65.2 Å². The van der Waals surface area contributed by atoms with Crippen molar-refractivity contribution in [1.82, 2.24) is 30.6 Å². The third kappa shape index (κ3) is 2.31. The average Bonchev–Trinajstić information content (AvgIpc) is 2.89. The maximum atomic E-state index is 13.8. The molecule has 0 fully saturated rings. The fourth-order valence-corrected chi connectivity index (χ4v) is 4.97. The minimum Gasteiger partial charge on any atom is -0.349 e. The predicted octanol–water partition coefficient (Wildman–Crippen LogP) is 0.736. The van der Waals surface area contributed by atoms with Gasteiger partial charge in [-0.25, -0.2) is 10.4 Å². The van der Waals surface area contributed by atoms with Gasteiger partial charge in [-0.1, -0.05) is 24.3 Å². The third-order valence-corrected chi connectivity index (χ3v) is 6.59. The lowest BCUT2D eigenvalue weighted by Crippen LogP contribution is -2.48. The molecule has 0 aliphatic rings. The SMILES string of the molecule is O=c1c(=O)c(=O)c2c(=O)c3c([nH]c2c1=O)c1[nH]c2[nH][nH][nH][nH]c2cc1c1cc2ccccc2c(=O)c13. The maximum Gasteiger partial charge on any atom is 0.279 e. The van der Waals surface area contributed by atoms with Crippen molar-refractivity contribution in [3.05, 3.63) is 97.7 Å². The van der Waals surface area contributed by atoms with E-state index in [-0.39, 0.29) is 16.3 Å². The summed E-state index contributed by atoms with van der Waals surface area (Å²) in [5, 5.41) is 12.2. The summed E-state index contributed by atoms with van der Waals surface area (Å²) < 4.78 is 0. The number of aromatic nitrogens is 6. The van der Waals surface area contributed by atoms with Gasteiger partial charge in [-0.15, -0.1) is 0 Å². The van der Waals surface area contributed by atoms with Gasteiger partial charge in [0, 0.05) is 16.2 Å². The fourth-order valence-electron chi connectivity index (χ4n) is 4.97. The Morgan fingerprint density at radius 3 is 2.08 bits per heavy atom. The zero-order valence-electron chi connectivity index (χ0n) is 17.9. The number of benzene rings is 4. The van der Waals surface area contributed by atoms with Crippen molar-refractivity contribution in [3.63, 3.8) is 0 Å². The molecule has 0 saturated heterocycles. The normalized spacial score (nSPS) is 12.0. The largest absolute Gasteiger partial charge is 0.349 e. The number of hydrogen-bond donors (Lipinski definition) is 6. The Balaban J connectivity index is 1.95. The van der Waals surface area contributed by atoms with Gasteiger partial charge in [0.2, 0.25) is 10.9 Å². The van der Waals surface area contributed by atoms with Gasteiger partial charge in [0.1, 0.15) is 16.6 Å². The second-order valence-electron chi connectivity index (χ2n) is 8.47. The zero-order valence-corrected chi connectivity index (χ0v) is 17.9. The molecular weight excluding hydrogens is 468 g/mol. The lowest BCUT2D eigenvalue weighted by atomic mass is 9.94. The van der Waals surface area contributed by atoms with Crippen molar-refractivity contribution in [3.8, 4) is 0 Å². The monoisotopic (exact) mass is 480 g/mol. The molecule has 0 bridgehead atoms. The minimum atomic E-state index is -1.58. The molecule has 3 heterocycles. The Morgan fingerprint density at radius 1 is 0.500 bits per heavy atom. The van der Waals surface area contributed by atoms with Crippen molar-refractivity contribution in [1.29, 1.82) is 0 Å². The molecule has 7 rings (SSSR count). The first kappa shape index (κ1) is 19.9. The first-order valence-electron chi connectivity index (χ1n) is 10.7. The van der Waals surface area contributed by atoms with E-state index in [1.54, 1.807) is 36.4 Å². The van der Waals surface area contributed by atoms with E-state index in [4.69, 9.17) is 0 Å². The van der Waals surface area contributed by atoms with Crippen LogP contribution in [0.25, 0.3) is 65.4 Å². The van der Waals surface area contributed by atoms with E-state index in [0.29, 0.717) is 38.2 Å². The van der Waals surface area contributed by atoms with Gasteiger partial charge in [0.05, 0.1) is 21.9 Å². The molecule has 0 atom stereocenters. The molecule has 3 aromatic heterocycles. The molecule has 0 aliphatic heterocycles. The first-order valence-corrected chi connectivity index (χ1v) is 10.7. The quantitative estimate of drug-likeness (QED) is 0.105. The van der Waals surface area contributed by atoms with Gasteiger partial charge in [0.15, 0.2) is 5.43 Å². The molecular formula is C24H12N6O6. The summed E-state index contributed by atoms with van der Waals surface area (Å²) in [4.78, 5) is 82.8. The number of nitrogens with one attached hydrogen (secondary N) is 6. The molecule has 36 heavy (non-hydrogen) atoms. The van der Waals surface area contributed by atoms with Crippen LogP contribution in [0.5, 0.6) is 0 Å². The van der Waals surface area contributed by atoms with E-state index >= 15 is 0 Å². The van der Waals surface area contributed by atoms with E-state index in [0.717, 1.165) is 0 Å². The van der Waals surface area contributed by atoms with Crippen LogP contribution in [-0.2, 0) is 0 Å². The lowest BCUT2D eigenvalue weighted by Gasteiger charge is -2.13. The summed E-state index contributed by atoms with van der Waals surface area (Å²) in [6.07, 6.45) is 0. The third-order valence-electron chi connectivity index (χ3n) is 6.59. The van der Waals surface area contributed by atoms with Crippen molar-refractivity contribution >= 4 is 65.4 Å². The van der Waals surface area contributed by atoms with Gasteiger partial charge < -0.3 is 9.97 Å². The second kappa shape index (κ2) is 6.54. The van der Waals surface area contributed by atoms with Crippen molar-refractivity contribution in [2.24, 2.45) is 0 Å². The summed E-state index contributed by atoms with van der Waals surface area (Å²) in [6.45, 7) is 0. The molecule has 7 aromatic rings. The Hall–Kier alpha value is -5.52. The van der Waals surface area contributed by atoms with E-state index in [1.165, 1.54) is 0 Å². The number of aromatic amines is 6. The van der Waals surface area contributed by atoms with E-state index in [2.05, 4.69) is 30.6 Å². The molecule has 0 unspecified atom stereocenters. The Labute approximate surface area is 194 Å². The number of hydrogen-bond acceptors (Lipinski definition) is 6. The first-order chi connectivity index (χ1) is 17.4. The Kier molecular flexibility index (Phi) is 3.61. The molecule has 12 heteroatoms. The van der Waals surface area contributed by atoms with Gasteiger partial charge in [-0.3, -0.25) is 39.0 Å². The fraction of sp³-hybridized carbons (Fsp3) is 0. The van der Waals surface area contributed by atoms with Crippen LogP contribution in [-0.4, -0.2) is 30.6 Å². The highest BCUT2D eigenvalue weighted by molar-refractivity contribution is 6.27. The molecule has 0 spiro atoms. The highest BCUT2D eigenvalue weighted by Crippen LogP contribution is 2.33. The van der Waals surface area contributed by atoms with Gasteiger partial charge >= 0.3 is 0 Å². The van der Waals surface area contributed by atoms with Crippen molar-refractivity contribution in [2.75, 3.05) is 0 Å². The number of H-pyrrole nitrogens is 6. The second-order valence-corrected chi connectivity index (χ2v) is 8.47. The molecule has 174 valence electrons. The Morgan fingerprint density at radius 2 is 1.25 bits per heavy atom. The van der Waals surface area contributed by atoms with Crippen LogP contribution in [0.4, 0.5) is 0 Å². The maximum absolute atomic E-state index is 13.8. The van der Waals surface area contributed by atoms with Gasteiger partial charge in [0.25, 0.3) is 16.3 Å². The van der Waals surface area contributed by atoms with E-state index < -0.39 is 43.5 Å².